The minimum Gasteiger partial charge on any atom is -0.454 e. The number of para-hydroxylation sites is 1. The summed E-state index contributed by atoms with van der Waals surface area (Å²) in [5.74, 6) is 1.12. The number of anilines is 1. The zero-order valence-electron chi connectivity index (χ0n) is 19.8. The van der Waals surface area contributed by atoms with Crippen LogP contribution in [0.25, 0.3) is 22.2 Å². The van der Waals surface area contributed by atoms with Crippen molar-refractivity contribution in [2.75, 3.05) is 12.1 Å². The highest BCUT2D eigenvalue weighted by molar-refractivity contribution is 7.17. The average molecular weight is 500 g/mol. The number of hydrogen-bond donors (Lipinski definition) is 2. The van der Waals surface area contributed by atoms with Crippen molar-refractivity contribution in [3.63, 3.8) is 0 Å². The number of nitrogens with zero attached hydrogens (tertiary/aromatic N) is 1. The quantitative estimate of drug-likeness (QED) is 0.374. The van der Waals surface area contributed by atoms with E-state index < -0.39 is 5.91 Å². The maximum Gasteiger partial charge on any atom is 0.257 e. The molecule has 0 fully saturated rings. The standard InChI is InChI=1S/C28H25N3O4S/c1-2-15-7-9-18-24(11-15)36-28(25(18)26(29)32)31-27(33)19-13-21(30-20-6-4-3-5-17(19)20)16-8-10-22-23(12-16)35-14-34-22/h3-6,8,10,12-13,15H,2,7,9,11,14H2,1H3,(H2,29,32)(H,31,33)/t15-/m1/s1. The molecular formula is C28H25N3O4S. The van der Waals surface area contributed by atoms with Crippen LogP contribution in [0.5, 0.6) is 11.5 Å². The smallest absolute Gasteiger partial charge is 0.257 e. The molecule has 36 heavy (non-hydrogen) atoms. The van der Waals surface area contributed by atoms with Gasteiger partial charge in [0.2, 0.25) is 6.79 Å². The molecule has 2 aromatic heterocycles. The fourth-order valence-corrected chi connectivity index (χ4v) is 6.45. The van der Waals surface area contributed by atoms with Crippen LogP contribution >= 0.6 is 11.3 Å². The molecule has 7 nitrogen and oxygen atoms in total. The summed E-state index contributed by atoms with van der Waals surface area (Å²) in [4.78, 5) is 32.0. The van der Waals surface area contributed by atoms with Crippen molar-refractivity contribution >= 4 is 39.1 Å². The molecule has 2 aliphatic rings. The maximum atomic E-state index is 13.7. The van der Waals surface area contributed by atoms with Crippen LogP contribution < -0.4 is 20.5 Å². The molecule has 182 valence electrons. The predicted octanol–water partition coefficient (Wildman–Crippen LogP) is 5.56. The van der Waals surface area contributed by atoms with E-state index in [0.717, 1.165) is 47.1 Å². The van der Waals surface area contributed by atoms with E-state index in [9.17, 15) is 9.59 Å². The summed E-state index contributed by atoms with van der Waals surface area (Å²) in [5.41, 5.74) is 9.86. The van der Waals surface area contributed by atoms with Crippen molar-refractivity contribution in [2.24, 2.45) is 11.7 Å². The first-order valence-electron chi connectivity index (χ1n) is 12.1. The zero-order valence-corrected chi connectivity index (χ0v) is 20.6. The Kier molecular flexibility index (Phi) is 5.60. The summed E-state index contributed by atoms with van der Waals surface area (Å²) in [5, 5.41) is 4.27. The summed E-state index contributed by atoms with van der Waals surface area (Å²) in [6.07, 6.45) is 3.85. The molecule has 1 aliphatic carbocycles. The van der Waals surface area contributed by atoms with Crippen LogP contribution in [0, 0.1) is 5.92 Å². The van der Waals surface area contributed by atoms with Crippen molar-refractivity contribution in [2.45, 2.75) is 32.6 Å². The molecule has 0 spiro atoms. The number of fused-ring (bicyclic) bond motifs is 3. The molecule has 2 aromatic carbocycles. The van der Waals surface area contributed by atoms with E-state index in [1.165, 1.54) is 11.3 Å². The molecule has 4 aromatic rings. The number of carbonyl (C=O) groups is 2. The highest BCUT2D eigenvalue weighted by Crippen LogP contribution is 2.41. The molecule has 0 unspecified atom stereocenters. The third-order valence-corrected chi connectivity index (χ3v) is 8.22. The number of thiophene rings is 1. The SMILES string of the molecule is CC[C@@H]1CCc2c(sc(NC(=O)c3cc(-c4ccc5c(c4)OCO5)nc4ccccc34)c2C(N)=O)C1. The summed E-state index contributed by atoms with van der Waals surface area (Å²) in [6, 6.07) is 14.9. The number of aromatic nitrogens is 1. The number of nitrogens with two attached hydrogens (primary N) is 1. The van der Waals surface area contributed by atoms with Gasteiger partial charge in [0.15, 0.2) is 11.5 Å². The van der Waals surface area contributed by atoms with Gasteiger partial charge in [0.25, 0.3) is 11.8 Å². The van der Waals surface area contributed by atoms with Gasteiger partial charge in [-0.1, -0.05) is 31.5 Å². The van der Waals surface area contributed by atoms with Gasteiger partial charge in [-0.25, -0.2) is 4.98 Å². The minimum atomic E-state index is -0.501. The molecule has 1 aliphatic heterocycles. The molecule has 1 atom stereocenters. The zero-order chi connectivity index (χ0) is 24.8. The Bertz CT molecular complexity index is 1530. The second-order valence-electron chi connectivity index (χ2n) is 9.18. The monoisotopic (exact) mass is 499 g/mol. The first-order valence-corrected chi connectivity index (χ1v) is 12.9. The molecule has 8 heteroatoms. The van der Waals surface area contributed by atoms with Crippen LogP contribution in [-0.2, 0) is 12.8 Å². The summed E-state index contributed by atoms with van der Waals surface area (Å²) in [7, 11) is 0. The van der Waals surface area contributed by atoms with Gasteiger partial charge in [-0.05, 0) is 61.1 Å². The molecule has 0 saturated heterocycles. The highest BCUT2D eigenvalue weighted by atomic mass is 32.1. The molecule has 6 rings (SSSR count). The number of benzene rings is 2. The lowest BCUT2D eigenvalue weighted by Crippen LogP contribution is -2.20. The van der Waals surface area contributed by atoms with Crippen LogP contribution in [0.2, 0.25) is 0 Å². The summed E-state index contributed by atoms with van der Waals surface area (Å²) < 4.78 is 10.9. The van der Waals surface area contributed by atoms with E-state index in [1.807, 2.05) is 42.5 Å². The van der Waals surface area contributed by atoms with Crippen molar-refractivity contribution in [1.82, 2.24) is 4.98 Å². The Morgan fingerprint density at radius 2 is 1.97 bits per heavy atom. The molecule has 2 amide bonds. The van der Waals surface area contributed by atoms with Gasteiger partial charge in [-0.15, -0.1) is 11.3 Å². The lowest BCUT2D eigenvalue weighted by atomic mass is 9.85. The fraction of sp³-hybridized carbons (Fsp3) is 0.250. The number of pyridine rings is 1. The van der Waals surface area contributed by atoms with Crippen LogP contribution in [0.3, 0.4) is 0 Å². The van der Waals surface area contributed by atoms with Gasteiger partial charge in [0, 0.05) is 15.8 Å². The van der Waals surface area contributed by atoms with E-state index in [1.54, 1.807) is 6.07 Å². The molecule has 0 saturated carbocycles. The lowest BCUT2D eigenvalue weighted by Gasteiger charge is -2.20. The van der Waals surface area contributed by atoms with E-state index in [2.05, 4.69) is 12.2 Å². The normalized spacial score (nSPS) is 16.1. The van der Waals surface area contributed by atoms with Gasteiger partial charge < -0.3 is 20.5 Å². The number of primary amides is 1. The average Bonchev–Trinajstić information content (AvgIpc) is 3.51. The minimum absolute atomic E-state index is 0.184. The second kappa shape index (κ2) is 8.95. The Labute approximate surface area is 212 Å². The number of nitrogens with one attached hydrogen (secondary N) is 1. The van der Waals surface area contributed by atoms with Crippen molar-refractivity contribution in [3.05, 3.63) is 70.1 Å². The van der Waals surface area contributed by atoms with Gasteiger partial charge in [-0.2, -0.15) is 0 Å². The van der Waals surface area contributed by atoms with E-state index in [0.29, 0.717) is 44.8 Å². The Balaban J connectivity index is 1.41. The van der Waals surface area contributed by atoms with Crippen LogP contribution in [-0.4, -0.2) is 23.6 Å². The van der Waals surface area contributed by atoms with Gasteiger partial charge >= 0.3 is 0 Å². The number of ether oxygens (including phenoxy) is 2. The second-order valence-corrected chi connectivity index (χ2v) is 10.3. The van der Waals surface area contributed by atoms with Gasteiger partial charge in [0.1, 0.15) is 5.00 Å². The van der Waals surface area contributed by atoms with E-state index in [4.69, 9.17) is 20.2 Å². The van der Waals surface area contributed by atoms with Crippen LogP contribution in [0.15, 0.2) is 48.5 Å². The van der Waals surface area contributed by atoms with Crippen molar-refractivity contribution in [1.29, 1.82) is 0 Å². The number of hydrogen-bond acceptors (Lipinski definition) is 6. The number of carbonyl (C=O) groups excluding carboxylic acids is 2. The van der Waals surface area contributed by atoms with Gasteiger partial charge in [-0.3, -0.25) is 9.59 Å². The Morgan fingerprint density at radius 1 is 1.14 bits per heavy atom. The molecule has 3 N–H and O–H groups in total. The Hall–Kier alpha value is -3.91. The van der Waals surface area contributed by atoms with Crippen molar-refractivity contribution < 1.29 is 19.1 Å². The van der Waals surface area contributed by atoms with E-state index >= 15 is 0 Å². The van der Waals surface area contributed by atoms with E-state index in [-0.39, 0.29) is 12.7 Å². The highest BCUT2D eigenvalue weighted by Gasteiger charge is 2.28. The molecular weight excluding hydrogens is 474 g/mol. The number of rotatable bonds is 5. The Morgan fingerprint density at radius 3 is 2.81 bits per heavy atom. The van der Waals surface area contributed by atoms with Crippen LogP contribution in [0.4, 0.5) is 5.00 Å². The summed E-state index contributed by atoms with van der Waals surface area (Å²) >= 11 is 1.47. The molecule has 0 radical (unpaired) electrons. The first kappa shape index (κ1) is 22.5. The predicted molar refractivity (Wildman–Crippen MR) is 140 cm³/mol. The maximum absolute atomic E-state index is 13.7. The summed E-state index contributed by atoms with van der Waals surface area (Å²) in [6.45, 7) is 2.37. The van der Waals surface area contributed by atoms with Crippen molar-refractivity contribution in [3.8, 4) is 22.8 Å². The molecule has 3 heterocycles. The first-order chi connectivity index (χ1) is 17.5. The van der Waals surface area contributed by atoms with Gasteiger partial charge in [0.05, 0.1) is 22.3 Å². The largest absolute Gasteiger partial charge is 0.454 e. The van der Waals surface area contributed by atoms with Crippen LogP contribution in [0.1, 0.15) is 50.9 Å². The topological polar surface area (TPSA) is 104 Å². The third kappa shape index (κ3) is 3.87. The third-order valence-electron chi connectivity index (χ3n) is 7.05. The fourth-order valence-electron chi connectivity index (χ4n) is 5.09. The lowest BCUT2D eigenvalue weighted by molar-refractivity contribution is 0.1000. The number of amides is 2. The molecule has 0 bridgehead atoms.